The first-order valence-electron chi connectivity index (χ1n) is 8.37. The molecule has 120 valence electrons. The normalized spacial score (nSPS) is 23.6. The molecule has 0 radical (unpaired) electrons. The number of aromatic amines is 1. The van der Waals surface area contributed by atoms with Crippen molar-refractivity contribution in [3.63, 3.8) is 0 Å². The van der Waals surface area contributed by atoms with Crippen molar-refractivity contribution in [3.8, 4) is 0 Å². The van der Waals surface area contributed by atoms with Gasteiger partial charge in [-0.25, -0.2) is 0 Å². The van der Waals surface area contributed by atoms with Gasteiger partial charge in [0, 0.05) is 12.5 Å². The van der Waals surface area contributed by atoms with Gasteiger partial charge in [-0.05, 0) is 32.1 Å². The molecule has 2 amide bonds. The predicted octanol–water partition coefficient (Wildman–Crippen LogP) is 1.86. The number of amides is 2. The van der Waals surface area contributed by atoms with Gasteiger partial charge in [0.05, 0.1) is 17.5 Å². The minimum atomic E-state index is -0.427. The van der Waals surface area contributed by atoms with Crippen LogP contribution in [0.2, 0.25) is 0 Å². The van der Waals surface area contributed by atoms with Gasteiger partial charge in [0.1, 0.15) is 6.04 Å². The van der Waals surface area contributed by atoms with Crippen LogP contribution in [0, 0.1) is 0 Å². The molecular formula is C16H24N4O2. The van der Waals surface area contributed by atoms with Crippen molar-refractivity contribution in [1.82, 2.24) is 20.8 Å². The lowest BCUT2D eigenvalue weighted by molar-refractivity contribution is -0.122. The van der Waals surface area contributed by atoms with Crippen LogP contribution in [0.5, 0.6) is 0 Å². The summed E-state index contributed by atoms with van der Waals surface area (Å²) in [5.41, 5.74) is 1.54. The van der Waals surface area contributed by atoms with Crippen molar-refractivity contribution in [2.45, 2.75) is 63.3 Å². The summed E-state index contributed by atoms with van der Waals surface area (Å²) in [4.78, 5) is 24.5. The average Bonchev–Trinajstić information content (AvgIpc) is 2.95. The number of nitrogens with one attached hydrogen (secondary N) is 3. The fourth-order valence-electron chi connectivity index (χ4n) is 3.49. The van der Waals surface area contributed by atoms with Gasteiger partial charge in [-0.1, -0.05) is 19.3 Å². The van der Waals surface area contributed by atoms with Crippen LogP contribution in [-0.4, -0.2) is 34.6 Å². The average molecular weight is 304 g/mol. The van der Waals surface area contributed by atoms with Gasteiger partial charge in [0.2, 0.25) is 5.91 Å². The molecular weight excluding hydrogens is 280 g/mol. The summed E-state index contributed by atoms with van der Waals surface area (Å²) in [7, 11) is 0. The molecule has 6 nitrogen and oxygen atoms in total. The number of hydrogen-bond acceptors (Lipinski definition) is 3. The second-order valence-corrected chi connectivity index (χ2v) is 6.35. The maximum atomic E-state index is 12.5. The Morgan fingerprint density at radius 1 is 1.14 bits per heavy atom. The maximum Gasteiger partial charge on any atom is 0.255 e. The molecule has 1 aromatic heterocycles. The van der Waals surface area contributed by atoms with Gasteiger partial charge in [-0.2, -0.15) is 5.10 Å². The minimum Gasteiger partial charge on any atom is -0.354 e. The molecule has 22 heavy (non-hydrogen) atoms. The van der Waals surface area contributed by atoms with Crippen molar-refractivity contribution in [2.75, 3.05) is 6.54 Å². The Labute approximate surface area is 130 Å². The maximum absolute atomic E-state index is 12.5. The van der Waals surface area contributed by atoms with E-state index in [0.717, 1.165) is 31.4 Å². The van der Waals surface area contributed by atoms with E-state index in [0.29, 0.717) is 24.4 Å². The Balaban J connectivity index is 1.69. The van der Waals surface area contributed by atoms with Gasteiger partial charge in [0.25, 0.3) is 5.91 Å². The smallest absolute Gasteiger partial charge is 0.255 e. The van der Waals surface area contributed by atoms with Crippen LogP contribution in [0.4, 0.5) is 0 Å². The molecule has 1 unspecified atom stereocenters. The molecule has 1 saturated carbocycles. The molecule has 6 heteroatoms. The summed E-state index contributed by atoms with van der Waals surface area (Å²) in [6, 6.07) is -0.427. The molecule has 1 aromatic rings. The van der Waals surface area contributed by atoms with Gasteiger partial charge in [0.15, 0.2) is 0 Å². The number of rotatable bonds is 3. The van der Waals surface area contributed by atoms with Crippen LogP contribution in [0.25, 0.3) is 0 Å². The van der Waals surface area contributed by atoms with Crippen molar-refractivity contribution in [1.29, 1.82) is 0 Å². The van der Waals surface area contributed by atoms with Crippen LogP contribution in [0.15, 0.2) is 6.20 Å². The molecule has 0 spiro atoms. The summed E-state index contributed by atoms with van der Waals surface area (Å²) < 4.78 is 0. The fourth-order valence-corrected chi connectivity index (χ4v) is 3.49. The van der Waals surface area contributed by atoms with E-state index in [1.807, 2.05) is 0 Å². The van der Waals surface area contributed by atoms with Gasteiger partial charge in [-0.3, -0.25) is 14.7 Å². The third-order valence-corrected chi connectivity index (χ3v) is 4.77. The molecule has 1 aliphatic carbocycles. The highest BCUT2D eigenvalue weighted by molar-refractivity contribution is 5.98. The monoisotopic (exact) mass is 304 g/mol. The van der Waals surface area contributed by atoms with Gasteiger partial charge in [-0.15, -0.1) is 0 Å². The number of H-pyrrole nitrogens is 1. The number of nitrogens with zero attached hydrogens (tertiary/aromatic N) is 1. The topological polar surface area (TPSA) is 86.9 Å². The lowest BCUT2D eigenvalue weighted by atomic mass is 9.85. The lowest BCUT2D eigenvalue weighted by Crippen LogP contribution is -2.45. The first kappa shape index (κ1) is 15.1. The molecule has 1 saturated heterocycles. The SMILES string of the molecule is O=C(NC1CCCCNC1=O)c1cn[nH]c1C1CCCCC1. The molecule has 0 bridgehead atoms. The second kappa shape index (κ2) is 6.94. The number of aromatic nitrogens is 2. The number of carbonyl (C=O) groups is 2. The highest BCUT2D eigenvalue weighted by Crippen LogP contribution is 2.33. The third-order valence-electron chi connectivity index (χ3n) is 4.77. The van der Waals surface area contributed by atoms with Crippen LogP contribution >= 0.6 is 0 Å². The molecule has 2 fully saturated rings. The molecule has 3 rings (SSSR count). The fraction of sp³-hybridized carbons (Fsp3) is 0.688. The van der Waals surface area contributed by atoms with E-state index < -0.39 is 6.04 Å². The van der Waals surface area contributed by atoms with Crippen LogP contribution in [0.3, 0.4) is 0 Å². The highest BCUT2D eigenvalue weighted by atomic mass is 16.2. The summed E-state index contributed by atoms with van der Waals surface area (Å²) in [6.45, 7) is 0.699. The first-order chi connectivity index (χ1) is 10.8. The summed E-state index contributed by atoms with van der Waals surface area (Å²) in [6.07, 6.45) is 10.1. The second-order valence-electron chi connectivity index (χ2n) is 6.35. The van der Waals surface area contributed by atoms with Crippen LogP contribution in [-0.2, 0) is 4.79 Å². The van der Waals surface area contributed by atoms with Gasteiger partial charge < -0.3 is 10.6 Å². The Kier molecular flexibility index (Phi) is 4.75. The van der Waals surface area contributed by atoms with Crippen LogP contribution in [0.1, 0.15) is 73.3 Å². The largest absolute Gasteiger partial charge is 0.354 e. The zero-order chi connectivity index (χ0) is 15.4. The van der Waals surface area contributed by atoms with E-state index in [-0.39, 0.29) is 11.8 Å². The van der Waals surface area contributed by atoms with Crippen molar-refractivity contribution in [3.05, 3.63) is 17.5 Å². The Bertz CT molecular complexity index is 534. The Morgan fingerprint density at radius 2 is 1.91 bits per heavy atom. The third kappa shape index (κ3) is 3.31. The molecule has 1 atom stereocenters. The first-order valence-corrected chi connectivity index (χ1v) is 8.37. The van der Waals surface area contributed by atoms with E-state index in [4.69, 9.17) is 0 Å². The predicted molar refractivity (Wildman–Crippen MR) is 82.5 cm³/mol. The Morgan fingerprint density at radius 3 is 2.73 bits per heavy atom. The van der Waals surface area contributed by atoms with E-state index in [1.54, 1.807) is 6.20 Å². The van der Waals surface area contributed by atoms with E-state index >= 15 is 0 Å². The summed E-state index contributed by atoms with van der Waals surface area (Å²) in [5.74, 6) is 0.130. The molecule has 2 heterocycles. The molecule has 3 N–H and O–H groups in total. The minimum absolute atomic E-state index is 0.0754. The number of hydrogen-bond donors (Lipinski definition) is 3. The molecule has 1 aliphatic heterocycles. The quantitative estimate of drug-likeness (QED) is 0.796. The van der Waals surface area contributed by atoms with E-state index in [1.165, 1.54) is 19.3 Å². The van der Waals surface area contributed by atoms with Crippen LogP contribution < -0.4 is 10.6 Å². The van der Waals surface area contributed by atoms with E-state index in [2.05, 4.69) is 20.8 Å². The Hall–Kier alpha value is -1.85. The van der Waals surface area contributed by atoms with Crippen molar-refractivity contribution >= 4 is 11.8 Å². The molecule has 2 aliphatic rings. The number of carbonyl (C=O) groups excluding carboxylic acids is 2. The summed E-state index contributed by atoms with van der Waals surface area (Å²) >= 11 is 0. The molecule has 0 aromatic carbocycles. The standard InChI is InChI=1S/C16H24N4O2/c21-15(19-13-8-4-5-9-17-16(13)22)12-10-18-20-14(12)11-6-2-1-3-7-11/h10-11,13H,1-9H2,(H,17,22)(H,18,20)(H,19,21). The zero-order valence-corrected chi connectivity index (χ0v) is 12.9. The van der Waals surface area contributed by atoms with Crippen molar-refractivity contribution in [2.24, 2.45) is 0 Å². The summed E-state index contributed by atoms with van der Waals surface area (Å²) in [5, 5.41) is 12.8. The lowest BCUT2D eigenvalue weighted by Gasteiger charge is -2.22. The van der Waals surface area contributed by atoms with E-state index in [9.17, 15) is 9.59 Å². The zero-order valence-electron chi connectivity index (χ0n) is 12.9. The van der Waals surface area contributed by atoms with Gasteiger partial charge >= 0.3 is 0 Å². The highest BCUT2D eigenvalue weighted by Gasteiger charge is 2.27. The van der Waals surface area contributed by atoms with Crippen molar-refractivity contribution < 1.29 is 9.59 Å².